The third-order valence-electron chi connectivity index (χ3n) is 3.13. The second kappa shape index (κ2) is 5.20. The van der Waals surface area contributed by atoms with Crippen molar-refractivity contribution in [1.82, 2.24) is 0 Å². The molecule has 1 unspecified atom stereocenters. The fraction of sp³-hybridized carbons (Fsp3) is 0.429. The van der Waals surface area contributed by atoms with E-state index in [4.69, 9.17) is 18.9 Å². The van der Waals surface area contributed by atoms with E-state index in [0.717, 1.165) is 5.56 Å². The number of rotatable bonds is 2. The smallest absolute Gasteiger partial charge is 0.184 e. The summed E-state index contributed by atoms with van der Waals surface area (Å²) in [4.78, 5) is 0. The fourth-order valence-electron chi connectivity index (χ4n) is 2.17. The summed E-state index contributed by atoms with van der Waals surface area (Å²) in [5.74, 6) is 0. The lowest BCUT2D eigenvalue weighted by Gasteiger charge is -2.38. The number of methoxy groups -OCH3 is 1. The summed E-state index contributed by atoms with van der Waals surface area (Å²) in [5, 5.41) is 0. The van der Waals surface area contributed by atoms with Gasteiger partial charge in [0.05, 0.1) is 6.61 Å². The van der Waals surface area contributed by atoms with Crippen molar-refractivity contribution in [3.8, 4) is 0 Å². The zero-order valence-electron chi connectivity index (χ0n) is 10.2. The molecule has 1 saturated heterocycles. The van der Waals surface area contributed by atoms with Crippen molar-refractivity contribution in [2.75, 3.05) is 13.7 Å². The molecule has 4 nitrogen and oxygen atoms in total. The summed E-state index contributed by atoms with van der Waals surface area (Å²) in [5.41, 5.74) is 1.03. The molecule has 1 aromatic carbocycles. The van der Waals surface area contributed by atoms with E-state index < -0.39 is 0 Å². The van der Waals surface area contributed by atoms with E-state index in [1.54, 1.807) is 7.11 Å². The van der Waals surface area contributed by atoms with Crippen LogP contribution in [0.2, 0.25) is 0 Å². The van der Waals surface area contributed by atoms with Crippen molar-refractivity contribution in [2.45, 2.75) is 24.8 Å². The quantitative estimate of drug-likeness (QED) is 0.750. The molecule has 0 bridgehead atoms. The first kappa shape index (κ1) is 11.9. The monoisotopic (exact) mass is 248 g/mol. The Morgan fingerprint density at radius 3 is 2.72 bits per heavy atom. The molecule has 4 atom stereocenters. The van der Waals surface area contributed by atoms with Gasteiger partial charge >= 0.3 is 0 Å². The van der Waals surface area contributed by atoms with Crippen LogP contribution >= 0.6 is 0 Å². The van der Waals surface area contributed by atoms with Crippen LogP contribution in [0.25, 0.3) is 0 Å². The van der Waals surface area contributed by atoms with Crippen LogP contribution < -0.4 is 0 Å². The lowest BCUT2D eigenvalue weighted by molar-refractivity contribution is -0.280. The lowest BCUT2D eigenvalue weighted by Crippen LogP contribution is -2.45. The zero-order valence-corrected chi connectivity index (χ0v) is 10.2. The van der Waals surface area contributed by atoms with Gasteiger partial charge in [-0.1, -0.05) is 36.4 Å². The lowest BCUT2D eigenvalue weighted by atomic mass is 10.1. The van der Waals surface area contributed by atoms with Gasteiger partial charge in [-0.3, -0.25) is 0 Å². The van der Waals surface area contributed by atoms with E-state index in [-0.39, 0.29) is 24.8 Å². The van der Waals surface area contributed by atoms with Gasteiger partial charge < -0.3 is 18.9 Å². The van der Waals surface area contributed by atoms with Crippen LogP contribution in [0.15, 0.2) is 42.5 Å². The number of hydrogen-bond acceptors (Lipinski definition) is 4. The van der Waals surface area contributed by atoms with Gasteiger partial charge in [-0.05, 0) is 6.08 Å². The van der Waals surface area contributed by atoms with Gasteiger partial charge in [-0.25, -0.2) is 0 Å². The third-order valence-corrected chi connectivity index (χ3v) is 3.13. The normalized spacial score (nSPS) is 35.2. The molecule has 0 amide bonds. The highest BCUT2D eigenvalue weighted by atomic mass is 16.7. The molecule has 0 N–H and O–H groups in total. The largest absolute Gasteiger partial charge is 0.352 e. The van der Waals surface area contributed by atoms with E-state index in [1.165, 1.54) is 0 Å². The van der Waals surface area contributed by atoms with Crippen molar-refractivity contribution < 1.29 is 18.9 Å². The van der Waals surface area contributed by atoms with Crippen LogP contribution in [-0.4, -0.2) is 32.2 Å². The molecule has 0 aliphatic carbocycles. The fourth-order valence-corrected chi connectivity index (χ4v) is 2.17. The van der Waals surface area contributed by atoms with E-state index in [0.29, 0.717) is 6.61 Å². The highest BCUT2D eigenvalue weighted by Gasteiger charge is 2.35. The Bertz CT molecular complexity index is 417. The van der Waals surface area contributed by atoms with Gasteiger partial charge in [-0.2, -0.15) is 0 Å². The van der Waals surface area contributed by atoms with Gasteiger partial charge in [-0.15, -0.1) is 0 Å². The van der Waals surface area contributed by atoms with Gasteiger partial charge in [0.25, 0.3) is 0 Å². The topological polar surface area (TPSA) is 36.9 Å². The zero-order chi connectivity index (χ0) is 12.4. The minimum atomic E-state index is -0.320. The first-order chi connectivity index (χ1) is 8.86. The third kappa shape index (κ3) is 2.33. The van der Waals surface area contributed by atoms with Crippen LogP contribution in [-0.2, 0) is 18.9 Å². The van der Waals surface area contributed by atoms with Crippen LogP contribution in [0, 0.1) is 0 Å². The van der Waals surface area contributed by atoms with E-state index in [9.17, 15) is 0 Å². The average molecular weight is 248 g/mol. The highest BCUT2D eigenvalue weighted by molar-refractivity contribution is 5.17. The first-order valence-electron chi connectivity index (χ1n) is 6.05. The van der Waals surface area contributed by atoms with Gasteiger partial charge in [0.1, 0.15) is 12.2 Å². The minimum Gasteiger partial charge on any atom is -0.352 e. The summed E-state index contributed by atoms with van der Waals surface area (Å²) in [7, 11) is 1.62. The van der Waals surface area contributed by atoms with Gasteiger partial charge in [0.2, 0.25) is 0 Å². The molecule has 0 saturated carbocycles. The van der Waals surface area contributed by atoms with Crippen LogP contribution in [0.4, 0.5) is 0 Å². The van der Waals surface area contributed by atoms with Gasteiger partial charge in [0.15, 0.2) is 12.6 Å². The van der Waals surface area contributed by atoms with Gasteiger partial charge in [0, 0.05) is 12.7 Å². The Morgan fingerprint density at radius 2 is 1.94 bits per heavy atom. The summed E-state index contributed by atoms with van der Waals surface area (Å²) >= 11 is 0. The number of hydrogen-bond donors (Lipinski definition) is 0. The molecule has 0 aromatic heterocycles. The summed E-state index contributed by atoms with van der Waals surface area (Å²) in [6.45, 7) is 0.508. The molecule has 4 heteroatoms. The Balaban J connectivity index is 1.71. The Labute approximate surface area is 106 Å². The van der Waals surface area contributed by atoms with Crippen molar-refractivity contribution in [2.24, 2.45) is 0 Å². The van der Waals surface area contributed by atoms with Crippen molar-refractivity contribution >= 4 is 0 Å². The highest BCUT2D eigenvalue weighted by Crippen LogP contribution is 2.30. The van der Waals surface area contributed by atoms with E-state index >= 15 is 0 Å². The van der Waals surface area contributed by atoms with E-state index in [2.05, 4.69) is 0 Å². The molecular formula is C14H16O4. The Morgan fingerprint density at radius 1 is 1.11 bits per heavy atom. The molecule has 2 heterocycles. The SMILES string of the molecule is CO[C@H]1C=C[C@@H]2OC(c3ccccc3)OC[C@H]2O1. The summed E-state index contributed by atoms with van der Waals surface area (Å²) in [6, 6.07) is 9.92. The summed E-state index contributed by atoms with van der Waals surface area (Å²) in [6.07, 6.45) is 3.07. The van der Waals surface area contributed by atoms with Crippen LogP contribution in [0.5, 0.6) is 0 Å². The molecule has 0 radical (unpaired) electrons. The van der Waals surface area contributed by atoms with Crippen molar-refractivity contribution in [1.29, 1.82) is 0 Å². The molecule has 1 aromatic rings. The van der Waals surface area contributed by atoms with Crippen molar-refractivity contribution in [3.05, 3.63) is 48.0 Å². The average Bonchev–Trinajstić information content (AvgIpc) is 2.47. The Kier molecular flexibility index (Phi) is 3.43. The molecule has 1 fully saturated rings. The molecule has 18 heavy (non-hydrogen) atoms. The molecular weight excluding hydrogens is 232 g/mol. The number of ether oxygens (including phenoxy) is 4. The molecule has 3 rings (SSSR count). The molecule has 96 valence electrons. The van der Waals surface area contributed by atoms with Crippen LogP contribution in [0.3, 0.4) is 0 Å². The van der Waals surface area contributed by atoms with E-state index in [1.807, 2.05) is 42.5 Å². The maximum Gasteiger partial charge on any atom is 0.184 e. The standard InChI is InChI=1S/C14H16O4/c1-15-13-8-7-11-12(17-13)9-16-14(18-11)10-5-3-2-4-6-10/h2-8,11-14H,9H2,1H3/t11-,12+,13+,14?/m0/s1. The minimum absolute atomic E-state index is 0.0737. The predicted molar refractivity (Wildman–Crippen MR) is 64.8 cm³/mol. The number of fused-ring (bicyclic) bond motifs is 1. The summed E-state index contributed by atoms with van der Waals surface area (Å²) < 4.78 is 22.4. The van der Waals surface area contributed by atoms with Crippen molar-refractivity contribution in [3.63, 3.8) is 0 Å². The first-order valence-corrected chi connectivity index (χ1v) is 6.05. The predicted octanol–water partition coefficient (Wildman–Crippen LogP) is 2.03. The molecule has 2 aliphatic rings. The maximum atomic E-state index is 5.88. The molecule has 0 spiro atoms. The van der Waals surface area contributed by atoms with Crippen LogP contribution in [0.1, 0.15) is 11.9 Å². The molecule has 2 aliphatic heterocycles. The number of benzene rings is 1. The second-order valence-electron chi connectivity index (χ2n) is 4.34. The maximum absolute atomic E-state index is 5.88. The second-order valence-corrected chi connectivity index (χ2v) is 4.34. The Hall–Kier alpha value is -1.20.